The zero-order chi connectivity index (χ0) is 10.2. The van der Waals surface area contributed by atoms with E-state index in [-0.39, 0.29) is 6.61 Å². The number of unbranched alkanes of at least 4 members (excludes halogenated alkanes) is 1. The van der Waals surface area contributed by atoms with Crippen LogP contribution in [-0.2, 0) is 0 Å². The van der Waals surface area contributed by atoms with Crippen molar-refractivity contribution in [3.63, 3.8) is 0 Å². The molecule has 0 aromatic rings. The highest BCUT2D eigenvalue weighted by molar-refractivity contribution is 4.77. The molecular weight excluding hydrogens is 166 g/mol. The van der Waals surface area contributed by atoms with E-state index in [0.717, 1.165) is 32.2 Å². The maximum absolute atomic E-state index is 9.87. The molecule has 0 aromatic heterocycles. The van der Waals surface area contributed by atoms with Crippen molar-refractivity contribution in [2.45, 2.75) is 45.1 Å². The summed E-state index contributed by atoms with van der Waals surface area (Å²) in [6, 6.07) is 0. The minimum atomic E-state index is -0.542. The lowest BCUT2D eigenvalue weighted by Gasteiger charge is -2.25. The van der Waals surface area contributed by atoms with E-state index in [1.807, 2.05) is 13.8 Å². The van der Waals surface area contributed by atoms with Gasteiger partial charge in [-0.15, -0.1) is 0 Å². The quantitative estimate of drug-likeness (QED) is 0.497. The summed E-state index contributed by atoms with van der Waals surface area (Å²) < 4.78 is 0. The topological polar surface area (TPSA) is 52.5 Å². The average Bonchev–Trinajstić information content (AvgIpc) is 2.17. The third-order valence-electron chi connectivity index (χ3n) is 2.53. The first-order chi connectivity index (χ1) is 6.18. The van der Waals surface area contributed by atoms with Crippen molar-refractivity contribution in [3.8, 4) is 0 Å². The summed E-state index contributed by atoms with van der Waals surface area (Å²) in [5.74, 6) is 0. The Kier molecular flexibility index (Phi) is 7.23. The van der Waals surface area contributed by atoms with Gasteiger partial charge in [0.2, 0.25) is 0 Å². The van der Waals surface area contributed by atoms with Crippen LogP contribution in [0.3, 0.4) is 0 Å². The normalized spacial score (nSPS) is 12.0. The van der Waals surface area contributed by atoms with Gasteiger partial charge in [0.15, 0.2) is 0 Å². The Balaban J connectivity index is 3.39. The SMILES string of the molecule is CCC(O)(CC)CNCCCCO. The molecule has 0 saturated carbocycles. The Hall–Kier alpha value is -0.120. The fourth-order valence-electron chi connectivity index (χ4n) is 1.18. The van der Waals surface area contributed by atoms with Crippen LogP contribution >= 0.6 is 0 Å². The molecule has 3 N–H and O–H groups in total. The van der Waals surface area contributed by atoms with E-state index >= 15 is 0 Å². The van der Waals surface area contributed by atoms with Crippen LogP contribution in [0, 0.1) is 0 Å². The molecule has 0 rings (SSSR count). The smallest absolute Gasteiger partial charge is 0.0766 e. The Morgan fingerprint density at radius 3 is 2.23 bits per heavy atom. The van der Waals surface area contributed by atoms with Crippen LogP contribution in [0.5, 0.6) is 0 Å². The molecule has 0 aliphatic rings. The number of rotatable bonds is 8. The first kappa shape index (κ1) is 12.9. The zero-order valence-corrected chi connectivity index (χ0v) is 8.84. The fraction of sp³-hybridized carbons (Fsp3) is 1.00. The summed E-state index contributed by atoms with van der Waals surface area (Å²) >= 11 is 0. The van der Waals surface area contributed by atoms with Crippen LogP contribution < -0.4 is 5.32 Å². The molecule has 0 atom stereocenters. The second-order valence-corrected chi connectivity index (χ2v) is 3.54. The van der Waals surface area contributed by atoms with Crippen molar-refractivity contribution in [2.24, 2.45) is 0 Å². The maximum Gasteiger partial charge on any atom is 0.0766 e. The van der Waals surface area contributed by atoms with Crippen molar-refractivity contribution in [1.29, 1.82) is 0 Å². The Morgan fingerprint density at radius 1 is 1.15 bits per heavy atom. The van der Waals surface area contributed by atoms with Crippen LogP contribution in [-0.4, -0.2) is 35.5 Å². The summed E-state index contributed by atoms with van der Waals surface area (Å²) in [5.41, 5.74) is -0.542. The van der Waals surface area contributed by atoms with Gasteiger partial charge in [-0.05, 0) is 32.2 Å². The molecule has 0 spiro atoms. The maximum atomic E-state index is 9.87. The largest absolute Gasteiger partial charge is 0.396 e. The van der Waals surface area contributed by atoms with Gasteiger partial charge in [0, 0.05) is 13.2 Å². The second kappa shape index (κ2) is 7.30. The molecular formula is C10H23NO2. The van der Waals surface area contributed by atoms with Gasteiger partial charge in [-0.2, -0.15) is 0 Å². The Morgan fingerprint density at radius 2 is 1.77 bits per heavy atom. The summed E-state index contributed by atoms with van der Waals surface area (Å²) in [7, 11) is 0. The monoisotopic (exact) mass is 189 g/mol. The van der Waals surface area contributed by atoms with Crippen LogP contribution in [0.1, 0.15) is 39.5 Å². The lowest BCUT2D eigenvalue weighted by Crippen LogP contribution is -2.39. The predicted molar refractivity (Wildman–Crippen MR) is 54.7 cm³/mol. The number of hydrogen-bond acceptors (Lipinski definition) is 3. The average molecular weight is 189 g/mol. The summed E-state index contributed by atoms with van der Waals surface area (Å²) in [6.07, 6.45) is 3.39. The highest BCUT2D eigenvalue weighted by Gasteiger charge is 2.20. The van der Waals surface area contributed by atoms with E-state index in [1.54, 1.807) is 0 Å². The van der Waals surface area contributed by atoms with E-state index in [0.29, 0.717) is 6.54 Å². The second-order valence-electron chi connectivity index (χ2n) is 3.54. The van der Waals surface area contributed by atoms with Crippen LogP contribution in [0.25, 0.3) is 0 Å². The third-order valence-corrected chi connectivity index (χ3v) is 2.53. The Bertz CT molecular complexity index is 113. The van der Waals surface area contributed by atoms with Gasteiger partial charge in [-0.25, -0.2) is 0 Å². The molecule has 0 radical (unpaired) electrons. The summed E-state index contributed by atoms with van der Waals surface area (Å²) in [5, 5.41) is 21.6. The van der Waals surface area contributed by atoms with Gasteiger partial charge in [0.05, 0.1) is 5.60 Å². The molecule has 0 unspecified atom stereocenters. The van der Waals surface area contributed by atoms with Gasteiger partial charge in [0.25, 0.3) is 0 Å². The highest BCUT2D eigenvalue weighted by atomic mass is 16.3. The van der Waals surface area contributed by atoms with Gasteiger partial charge >= 0.3 is 0 Å². The number of aliphatic hydroxyl groups excluding tert-OH is 1. The lowest BCUT2D eigenvalue weighted by molar-refractivity contribution is 0.0326. The van der Waals surface area contributed by atoms with Gasteiger partial charge in [0.1, 0.15) is 0 Å². The highest BCUT2D eigenvalue weighted by Crippen LogP contribution is 2.12. The van der Waals surface area contributed by atoms with Gasteiger partial charge < -0.3 is 15.5 Å². The minimum absolute atomic E-state index is 0.257. The summed E-state index contributed by atoms with van der Waals surface area (Å²) in [4.78, 5) is 0. The molecule has 0 aliphatic carbocycles. The van der Waals surface area contributed by atoms with Crippen LogP contribution in [0.15, 0.2) is 0 Å². The van der Waals surface area contributed by atoms with Crippen LogP contribution in [0.2, 0.25) is 0 Å². The van der Waals surface area contributed by atoms with E-state index in [4.69, 9.17) is 5.11 Å². The fourth-order valence-corrected chi connectivity index (χ4v) is 1.18. The van der Waals surface area contributed by atoms with Crippen LogP contribution in [0.4, 0.5) is 0 Å². The molecule has 0 amide bonds. The zero-order valence-electron chi connectivity index (χ0n) is 8.84. The first-order valence-electron chi connectivity index (χ1n) is 5.22. The molecule has 0 bridgehead atoms. The van der Waals surface area contributed by atoms with Gasteiger partial charge in [-0.1, -0.05) is 13.8 Å². The van der Waals surface area contributed by atoms with Crippen molar-refractivity contribution in [3.05, 3.63) is 0 Å². The van der Waals surface area contributed by atoms with E-state index in [9.17, 15) is 5.11 Å². The number of nitrogens with one attached hydrogen (secondary N) is 1. The van der Waals surface area contributed by atoms with Gasteiger partial charge in [-0.3, -0.25) is 0 Å². The van der Waals surface area contributed by atoms with Crippen molar-refractivity contribution >= 4 is 0 Å². The summed E-state index contributed by atoms with van der Waals surface area (Å²) in [6.45, 7) is 5.79. The van der Waals surface area contributed by atoms with Crippen molar-refractivity contribution in [2.75, 3.05) is 19.7 Å². The molecule has 3 nitrogen and oxygen atoms in total. The van der Waals surface area contributed by atoms with E-state index < -0.39 is 5.60 Å². The molecule has 0 aliphatic heterocycles. The third kappa shape index (κ3) is 6.02. The minimum Gasteiger partial charge on any atom is -0.396 e. The standard InChI is InChI=1S/C10H23NO2/c1-3-10(13,4-2)9-11-7-5-6-8-12/h11-13H,3-9H2,1-2H3. The molecule has 13 heavy (non-hydrogen) atoms. The molecule has 0 fully saturated rings. The number of aliphatic hydroxyl groups is 2. The number of hydrogen-bond donors (Lipinski definition) is 3. The van der Waals surface area contributed by atoms with Crippen molar-refractivity contribution < 1.29 is 10.2 Å². The lowest BCUT2D eigenvalue weighted by atomic mass is 9.98. The van der Waals surface area contributed by atoms with E-state index in [2.05, 4.69) is 5.32 Å². The molecule has 0 aromatic carbocycles. The van der Waals surface area contributed by atoms with Crippen molar-refractivity contribution in [1.82, 2.24) is 5.32 Å². The molecule has 0 heterocycles. The first-order valence-corrected chi connectivity index (χ1v) is 5.22. The van der Waals surface area contributed by atoms with E-state index in [1.165, 1.54) is 0 Å². The molecule has 80 valence electrons. The molecule has 0 saturated heterocycles. The predicted octanol–water partition coefficient (Wildman–Crippen LogP) is 0.900. The Labute approximate surface area is 81.2 Å². The molecule has 3 heteroatoms.